The maximum absolute atomic E-state index is 13.9. The van der Waals surface area contributed by atoms with Crippen LogP contribution in [0.5, 0.6) is 0 Å². The number of likely N-dealkylation sites (tertiary alicyclic amines) is 1. The highest BCUT2D eigenvalue weighted by Crippen LogP contribution is 2.26. The molecule has 1 heterocycles. The first-order valence-corrected chi connectivity index (χ1v) is 7.31. The molecule has 1 aliphatic heterocycles. The van der Waals surface area contributed by atoms with Crippen LogP contribution in [-0.4, -0.2) is 29.4 Å². The summed E-state index contributed by atoms with van der Waals surface area (Å²) in [5.41, 5.74) is 5.86. The van der Waals surface area contributed by atoms with Crippen molar-refractivity contribution in [2.75, 3.05) is 6.54 Å². The predicted molar refractivity (Wildman–Crippen MR) is 76.4 cm³/mol. The second kappa shape index (κ2) is 6.01. The van der Waals surface area contributed by atoms with Crippen LogP contribution in [0.2, 0.25) is 0 Å². The summed E-state index contributed by atoms with van der Waals surface area (Å²) in [6.07, 6.45) is 2.90. The fraction of sp³-hybridized carbons (Fsp3) is 0.500. The minimum absolute atomic E-state index is 0.0132. The first-order chi connectivity index (χ1) is 9.04. The number of halogens is 2. The number of rotatable bonds is 2. The molecule has 1 amide bonds. The van der Waals surface area contributed by atoms with Gasteiger partial charge in [-0.3, -0.25) is 4.79 Å². The molecule has 3 nitrogen and oxygen atoms in total. The van der Waals surface area contributed by atoms with Gasteiger partial charge in [0.1, 0.15) is 5.82 Å². The Morgan fingerprint density at radius 2 is 2.26 bits per heavy atom. The Hall–Kier alpha value is -0.940. The standard InChI is InChI=1S/C14H18BrFN2O/c1-9-3-2-4-11(8-17)18(9)14(19)12-6-5-10(15)7-13(12)16/h5-7,9,11H,2-4,8,17H2,1H3. The Morgan fingerprint density at radius 3 is 2.89 bits per heavy atom. The molecule has 1 aromatic rings. The average Bonchev–Trinajstić information content (AvgIpc) is 2.37. The molecule has 0 aliphatic carbocycles. The zero-order valence-electron chi connectivity index (χ0n) is 10.9. The summed E-state index contributed by atoms with van der Waals surface area (Å²) < 4.78 is 14.5. The number of benzene rings is 1. The zero-order valence-corrected chi connectivity index (χ0v) is 12.5. The minimum atomic E-state index is -0.493. The van der Waals surface area contributed by atoms with E-state index in [1.54, 1.807) is 11.0 Å². The third kappa shape index (κ3) is 2.98. The van der Waals surface area contributed by atoms with Gasteiger partial charge in [-0.05, 0) is 44.4 Å². The van der Waals surface area contributed by atoms with E-state index in [0.29, 0.717) is 11.0 Å². The van der Waals surface area contributed by atoms with Crippen LogP contribution in [0.25, 0.3) is 0 Å². The molecule has 2 N–H and O–H groups in total. The van der Waals surface area contributed by atoms with Gasteiger partial charge in [-0.1, -0.05) is 15.9 Å². The molecule has 1 aliphatic rings. The minimum Gasteiger partial charge on any atom is -0.332 e. The fourth-order valence-corrected chi connectivity index (χ4v) is 3.02. The monoisotopic (exact) mass is 328 g/mol. The molecule has 1 fully saturated rings. The lowest BCUT2D eigenvalue weighted by molar-refractivity contribution is 0.0489. The zero-order chi connectivity index (χ0) is 14.0. The van der Waals surface area contributed by atoms with Gasteiger partial charge in [0, 0.05) is 23.1 Å². The molecule has 2 unspecified atom stereocenters. The van der Waals surface area contributed by atoms with Crippen LogP contribution in [0.15, 0.2) is 22.7 Å². The van der Waals surface area contributed by atoms with Crippen molar-refractivity contribution in [3.05, 3.63) is 34.1 Å². The number of nitrogens with zero attached hydrogens (tertiary/aromatic N) is 1. The number of piperidine rings is 1. The second-order valence-electron chi connectivity index (χ2n) is 5.01. The van der Waals surface area contributed by atoms with Crippen LogP contribution in [0.3, 0.4) is 0 Å². The van der Waals surface area contributed by atoms with Crippen molar-refractivity contribution in [2.24, 2.45) is 5.73 Å². The van der Waals surface area contributed by atoms with Gasteiger partial charge in [0.2, 0.25) is 0 Å². The maximum atomic E-state index is 13.9. The summed E-state index contributed by atoms with van der Waals surface area (Å²) in [5.74, 6) is -0.749. The van der Waals surface area contributed by atoms with Gasteiger partial charge < -0.3 is 10.6 Å². The van der Waals surface area contributed by atoms with E-state index < -0.39 is 5.82 Å². The Kier molecular flexibility index (Phi) is 4.58. The Balaban J connectivity index is 2.30. The van der Waals surface area contributed by atoms with Gasteiger partial charge in [0.15, 0.2) is 0 Å². The molecule has 0 radical (unpaired) electrons. The molecule has 5 heteroatoms. The van der Waals surface area contributed by atoms with E-state index in [4.69, 9.17) is 5.73 Å². The van der Waals surface area contributed by atoms with E-state index in [9.17, 15) is 9.18 Å². The molecule has 1 aromatic carbocycles. The van der Waals surface area contributed by atoms with Crippen molar-refractivity contribution in [1.29, 1.82) is 0 Å². The predicted octanol–water partition coefficient (Wildman–Crippen LogP) is 2.93. The smallest absolute Gasteiger partial charge is 0.257 e. The van der Waals surface area contributed by atoms with Crippen LogP contribution in [0.4, 0.5) is 4.39 Å². The van der Waals surface area contributed by atoms with Gasteiger partial charge in [-0.15, -0.1) is 0 Å². The molecule has 2 atom stereocenters. The highest BCUT2D eigenvalue weighted by molar-refractivity contribution is 9.10. The number of nitrogens with two attached hydrogens (primary N) is 1. The Bertz CT molecular complexity index is 481. The van der Waals surface area contributed by atoms with E-state index in [1.165, 1.54) is 12.1 Å². The maximum Gasteiger partial charge on any atom is 0.257 e. The Morgan fingerprint density at radius 1 is 1.53 bits per heavy atom. The Labute approximate surface area is 121 Å². The van der Waals surface area contributed by atoms with Gasteiger partial charge in [0.25, 0.3) is 5.91 Å². The average molecular weight is 329 g/mol. The van der Waals surface area contributed by atoms with Crippen LogP contribution in [0.1, 0.15) is 36.5 Å². The third-order valence-corrected chi connectivity index (χ3v) is 4.19. The summed E-state index contributed by atoms with van der Waals surface area (Å²) >= 11 is 3.19. The molecular formula is C14H18BrFN2O. The summed E-state index contributed by atoms with van der Waals surface area (Å²) in [6, 6.07) is 4.65. The number of carbonyl (C=O) groups is 1. The summed E-state index contributed by atoms with van der Waals surface area (Å²) in [7, 11) is 0. The van der Waals surface area contributed by atoms with Crippen molar-refractivity contribution in [3.63, 3.8) is 0 Å². The van der Waals surface area contributed by atoms with E-state index in [1.807, 2.05) is 6.92 Å². The second-order valence-corrected chi connectivity index (χ2v) is 5.92. The summed E-state index contributed by atoms with van der Waals surface area (Å²) in [4.78, 5) is 14.3. The summed E-state index contributed by atoms with van der Waals surface area (Å²) in [6.45, 7) is 2.42. The van der Waals surface area contributed by atoms with Crippen molar-refractivity contribution in [3.8, 4) is 0 Å². The van der Waals surface area contributed by atoms with Crippen LogP contribution < -0.4 is 5.73 Å². The van der Waals surface area contributed by atoms with Crippen molar-refractivity contribution in [1.82, 2.24) is 4.90 Å². The van der Waals surface area contributed by atoms with E-state index in [0.717, 1.165) is 19.3 Å². The number of amides is 1. The molecule has 0 spiro atoms. The van der Waals surface area contributed by atoms with Gasteiger partial charge in [-0.2, -0.15) is 0 Å². The lowest BCUT2D eigenvalue weighted by Crippen LogP contribution is -2.52. The lowest BCUT2D eigenvalue weighted by atomic mass is 9.95. The van der Waals surface area contributed by atoms with Crippen molar-refractivity contribution >= 4 is 21.8 Å². The number of hydrogen-bond donors (Lipinski definition) is 1. The molecule has 19 heavy (non-hydrogen) atoms. The molecule has 0 aromatic heterocycles. The highest BCUT2D eigenvalue weighted by Gasteiger charge is 2.32. The molecule has 1 saturated heterocycles. The van der Waals surface area contributed by atoms with Gasteiger partial charge >= 0.3 is 0 Å². The molecule has 0 saturated carbocycles. The molecular weight excluding hydrogens is 311 g/mol. The third-order valence-electron chi connectivity index (χ3n) is 3.70. The van der Waals surface area contributed by atoms with Crippen LogP contribution in [0, 0.1) is 5.82 Å². The SMILES string of the molecule is CC1CCCC(CN)N1C(=O)c1ccc(Br)cc1F. The number of carbonyl (C=O) groups excluding carboxylic acids is 1. The van der Waals surface area contributed by atoms with E-state index in [-0.39, 0.29) is 23.6 Å². The lowest BCUT2D eigenvalue weighted by Gasteiger charge is -2.40. The highest BCUT2D eigenvalue weighted by atomic mass is 79.9. The van der Waals surface area contributed by atoms with Gasteiger partial charge in [0.05, 0.1) is 5.56 Å². The largest absolute Gasteiger partial charge is 0.332 e. The van der Waals surface area contributed by atoms with Gasteiger partial charge in [-0.25, -0.2) is 4.39 Å². The first-order valence-electron chi connectivity index (χ1n) is 6.52. The normalized spacial score (nSPS) is 23.5. The fourth-order valence-electron chi connectivity index (χ4n) is 2.69. The van der Waals surface area contributed by atoms with Crippen LogP contribution >= 0.6 is 15.9 Å². The number of hydrogen-bond acceptors (Lipinski definition) is 2. The summed E-state index contributed by atoms with van der Waals surface area (Å²) in [5, 5.41) is 0. The first kappa shape index (κ1) is 14.5. The van der Waals surface area contributed by atoms with Crippen LogP contribution in [-0.2, 0) is 0 Å². The topological polar surface area (TPSA) is 46.3 Å². The quantitative estimate of drug-likeness (QED) is 0.907. The molecule has 104 valence electrons. The van der Waals surface area contributed by atoms with E-state index in [2.05, 4.69) is 15.9 Å². The van der Waals surface area contributed by atoms with Crippen molar-refractivity contribution < 1.29 is 9.18 Å². The van der Waals surface area contributed by atoms with E-state index >= 15 is 0 Å². The molecule has 0 bridgehead atoms. The van der Waals surface area contributed by atoms with Crippen molar-refractivity contribution in [2.45, 2.75) is 38.3 Å². The molecule has 2 rings (SSSR count).